The predicted octanol–water partition coefficient (Wildman–Crippen LogP) is 3.75. The van der Waals surface area contributed by atoms with Crippen LogP contribution in [0.2, 0.25) is 0 Å². The van der Waals surface area contributed by atoms with E-state index in [1.807, 2.05) is 19.9 Å². The molecule has 0 aliphatic heterocycles. The smallest absolute Gasteiger partial charge is 0.348 e. The molecule has 1 fully saturated rings. The third-order valence-corrected chi connectivity index (χ3v) is 5.00. The van der Waals surface area contributed by atoms with E-state index < -0.39 is 0 Å². The SMILES string of the molecule is CCOC(=O)c1sc(NC(=O)C2(C)CCCC2)cc1C. The Hall–Kier alpha value is -1.36. The van der Waals surface area contributed by atoms with Crippen molar-refractivity contribution in [2.24, 2.45) is 5.41 Å². The minimum atomic E-state index is -0.317. The average molecular weight is 295 g/mol. The number of amides is 1. The Morgan fingerprint density at radius 1 is 1.40 bits per heavy atom. The maximum absolute atomic E-state index is 12.3. The van der Waals surface area contributed by atoms with Gasteiger partial charge in [0.2, 0.25) is 5.91 Å². The highest BCUT2D eigenvalue weighted by atomic mass is 32.1. The summed E-state index contributed by atoms with van der Waals surface area (Å²) < 4.78 is 5.01. The van der Waals surface area contributed by atoms with Crippen molar-refractivity contribution in [1.82, 2.24) is 0 Å². The molecular formula is C15H21NO3S. The van der Waals surface area contributed by atoms with Crippen LogP contribution in [0.25, 0.3) is 0 Å². The summed E-state index contributed by atoms with van der Waals surface area (Å²) in [5.74, 6) is -0.255. The second kappa shape index (κ2) is 5.95. The van der Waals surface area contributed by atoms with Gasteiger partial charge in [0.05, 0.1) is 11.6 Å². The minimum absolute atomic E-state index is 0.0617. The van der Waals surface area contributed by atoms with Crippen LogP contribution in [0.5, 0.6) is 0 Å². The molecule has 1 amide bonds. The van der Waals surface area contributed by atoms with E-state index in [-0.39, 0.29) is 17.3 Å². The minimum Gasteiger partial charge on any atom is -0.462 e. The number of thiophene rings is 1. The zero-order valence-electron chi connectivity index (χ0n) is 12.2. The lowest BCUT2D eigenvalue weighted by Crippen LogP contribution is -2.30. The highest BCUT2D eigenvalue weighted by Crippen LogP contribution is 2.39. The molecule has 1 N–H and O–H groups in total. The lowest BCUT2D eigenvalue weighted by molar-refractivity contribution is -0.124. The number of esters is 1. The molecule has 0 saturated heterocycles. The van der Waals surface area contributed by atoms with Gasteiger partial charge in [-0.25, -0.2) is 4.79 Å². The van der Waals surface area contributed by atoms with Crippen molar-refractivity contribution in [2.75, 3.05) is 11.9 Å². The number of nitrogens with one attached hydrogen (secondary N) is 1. The molecule has 1 saturated carbocycles. The summed E-state index contributed by atoms with van der Waals surface area (Å²) >= 11 is 1.29. The topological polar surface area (TPSA) is 55.4 Å². The van der Waals surface area contributed by atoms with E-state index in [2.05, 4.69) is 5.32 Å². The zero-order chi connectivity index (χ0) is 14.8. The molecule has 0 radical (unpaired) electrons. The van der Waals surface area contributed by atoms with Crippen molar-refractivity contribution in [1.29, 1.82) is 0 Å². The summed E-state index contributed by atoms with van der Waals surface area (Å²) in [4.78, 5) is 24.7. The lowest BCUT2D eigenvalue weighted by atomic mass is 9.88. The predicted molar refractivity (Wildman–Crippen MR) is 80.2 cm³/mol. The summed E-state index contributed by atoms with van der Waals surface area (Å²) in [7, 11) is 0. The number of ether oxygens (including phenoxy) is 1. The first kappa shape index (κ1) is 15.0. The molecule has 0 atom stereocenters. The molecule has 0 spiro atoms. The van der Waals surface area contributed by atoms with Crippen molar-refractivity contribution >= 4 is 28.2 Å². The first-order valence-corrected chi connectivity index (χ1v) is 7.87. The number of hydrogen-bond acceptors (Lipinski definition) is 4. The van der Waals surface area contributed by atoms with Gasteiger partial charge in [-0.15, -0.1) is 11.3 Å². The zero-order valence-corrected chi connectivity index (χ0v) is 13.1. The van der Waals surface area contributed by atoms with Crippen molar-refractivity contribution < 1.29 is 14.3 Å². The molecule has 110 valence electrons. The first-order chi connectivity index (χ1) is 9.46. The third kappa shape index (κ3) is 3.03. The summed E-state index contributed by atoms with van der Waals surface area (Å²) in [6, 6.07) is 1.84. The van der Waals surface area contributed by atoms with E-state index in [0.717, 1.165) is 36.2 Å². The Balaban J connectivity index is 2.09. The molecule has 1 heterocycles. The van der Waals surface area contributed by atoms with E-state index in [9.17, 15) is 9.59 Å². The first-order valence-electron chi connectivity index (χ1n) is 7.05. The van der Waals surface area contributed by atoms with Gasteiger partial charge in [-0.3, -0.25) is 4.79 Å². The van der Waals surface area contributed by atoms with Gasteiger partial charge in [-0.05, 0) is 38.3 Å². The Labute approximate surface area is 123 Å². The molecule has 1 aromatic rings. The molecule has 4 nitrogen and oxygen atoms in total. The van der Waals surface area contributed by atoms with Gasteiger partial charge in [0.25, 0.3) is 0 Å². The van der Waals surface area contributed by atoms with Crippen molar-refractivity contribution in [3.8, 4) is 0 Å². The molecule has 2 rings (SSSR count). The second-order valence-corrected chi connectivity index (χ2v) is 6.62. The molecular weight excluding hydrogens is 274 g/mol. The van der Waals surface area contributed by atoms with Gasteiger partial charge < -0.3 is 10.1 Å². The Bertz CT molecular complexity index is 515. The van der Waals surface area contributed by atoms with Crippen molar-refractivity contribution in [2.45, 2.75) is 46.5 Å². The number of anilines is 1. The number of aryl methyl sites for hydroxylation is 1. The fourth-order valence-electron chi connectivity index (χ4n) is 2.59. The van der Waals surface area contributed by atoms with Gasteiger partial charge in [0.1, 0.15) is 4.88 Å². The van der Waals surface area contributed by atoms with E-state index in [4.69, 9.17) is 4.74 Å². The van der Waals surface area contributed by atoms with Crippen LogP contribution in [0.4, 0.5) is 5.00 Å². The molecule has 20 heavy (non-hydrogen) atoms. The van der Waals surface area contributed by atoms with Gasteiger partial charge in [0, 0.05) is 5.41 Å². The maximum Gasteiger partial charge on any atom is 0.348 e. The molecule has 1 aromatic heterocycles. The van der Waals surface area contributed by atoms with Gasteiger partial charge >= 0.3 is 5.97 Å². The number of carbonyl (C=O) groups excluding carboxylic acids is 2. The van der Waals surface area contributed by atoms with Gasteiger partial charge in [0.15, 0.2) is 0 Å². The largest absolute Gasteiger partial charge is 0.462 e. The number of rotatable bonds is 4. The van der Waals surface area contributed by atoms with Crippen LogP contribution in [-0.2, 0) is 9.53 Å². The van der Waals surface area contributed by atoms with Crippen LogP contribution < -0.4 is 5.32 Å². The van der Waals surface area contributed by atoms with Crippen LogP contribution in [0.3, 0.4) is 0 Å². The van der Waals surface area contributed by atoms with E-state index in [1.165, 1.54) is 11.3 Å². The highest BCUT2D eigenvalue weighted by molar-refractivity contribution is 7.18. The highest BCUT2D eigenvalue weighted by Gasteiger charge is 2.36. The van der Waals surface area contributed by atoms with Crippen LogP contribution in [0, 0.1) is 12.3 Å². The van der Waals surface area contributed by atoms with Crippen LogP contribution >= 0.6 is 11.3 Å². The fraction of sp³-hybridized carbons (Fsp3) is 0.600. The Morgan fingerprint density at radius 2 is 2.05 bits per heavy atom. The number of carbonyl (C=O) groups is 2. The Kier molecular flexibility index (Phi) is 4.48. The normalized spacial score (nSPS) is 16.9. The average Bonchev–Trinajstić information content (AvgIpc) is 2.97. The maximum atomic E-state index is 12.3. The van der Waals surface area contributed by atoms with Crippen LogP contribution in [-0.4, -0.2) is 18.5 Å². The second-order valence-electron chi connectivity index (χ2n) is 5.57. The van der Waals surface area contributed by atoms with Crippen molar-refractivity contribution in [3.05, 3.63) is 16.5 Å². The summed E-state index contributed by atoms with van der Waals surface area (Å²) in [5, 5.41) is 3.68. The Morgan fingerprint density at radius 3 is 2.65 bits per heavy atom. The summed E-state index contributed by atoms with van der Waals surface area (Å²) in [5.41, 5.74) is 0.586. The lowest BCUT2D eigenvalue weighted by Gasteiger charge is -2.21. The van der Waals surface area contributed by atoms with E-state index in [0.29, 0.717) is 11.5 Å². The number of hydrogen-bond donors (Lipinski definition) is 1. The quantitative estimate of drug-likeness (QED) is 0.861. The summed E-state index contributed by atoms with van der Waals surface area (Å²) in [6.07, 6.45) is 4.10. The molecule has 5 heteroatoms. The standard InChI is InChI=1S/C15H21NO3S/c1-4-19-13(17)12-10(2)9-11(20-12)16-14(18)15(3)7-5-6-8-15/h9H,4-8H2,1-3H3,(H,16,18). The molecule has 0 unspecified atom stereocenters. The molecule has 1 aliphatic carbocycles. The molecule has 1 aliphatic rings. The van der Waals surface area contributed by atoms with Crippen molar-refractivity contribution in [3.63, 3.8) is 0 Å². The van der Waals surface area contributed by atoms with E-state index in [1.54, 1.807) is 6.92 Å². The van der Waals surface area contributed by atoms with Crippen LogP contribution in [0.1, 0.15) is 54.8 Å². The molecule has 0 bridgehead atoms. The molecule has 0 aromatic carbocycles. The summed E-state index contributed by atoms with van der Waals surface area (Å²) in [6.45, 7) is 6.01. The third-order valence-electron chi connectivity index (χ3n) is 3.87. The van der Waals surface area contributed by atoms with Gasteiger partial charge in [-0.1, -0.05) is 19.8 Å². The fourth-order valence-corrected chi connectivity index (χ4v) is 3.55. The van der Waals surface area contributed by atoms with E-state index >= 15 is 0 Å². The monoisotopic (exact) mass is 295 g/mol. The van der Waals surface area contributed by atoms with Gasteiger partial charge in [-0.2, -0.15) is 0 Å². The van der Waals surface area contributed by atoms with Crippen LogP contribution in [0.15, 0.2) is 6.07 Å².